The fraction of sp³-hybridized carbons (Fsp3) is 0.476. The van der Waals surface area contributed by atoms with Gasteiger partial charge in [-0.1, -0.05) is 51.3 Å². The summed E-state index contributed by atoms with van der Waals surface area (Å²) in [5.41, 5.74) is 3.78. The van der Waals surface area contributed by atoms with Crippen LogP contribution in [0.15, 0.2) is 30.5 Å². The van der Waals surface area contributed by atoms with Crippen LogP contribution in [0.3, 0.4) is 0 Å². The second-order valence-corrected chi connectivity index (χ2v) is 7.39. The zero-order valence-corrected chi connectivity index (χ0v) is 15.9. The quantitative estimate of drug-likeness (QED) is 0.817. The van der Waals surface area contributed by atoms with E-state index in [-0.39, 0.29) is 11.9 Å². The van der Waals surface area contributed by atoms with Crippen LogP contribution in [0.5, 0.6) is 0 Å². The maximum Gasteiger partial charge on any atom is 0.270 e. The summed E-state index contributed by atoms with van der Waals surface area (Å²) < 4.78 is 0. The molecule has 1 saturated carbocycles. The van der Waals surface area contributed by atoms with Crippen LogP contribution in [-0.2, 0) is 0 Å². The molecule has 0 saturated heterocycles. The second kappa shape index (κ2) is 8.30. The molecule has 0 bridgehead atoms. The van der Waals surface area contributed by atoms with Gasteiger partial charge in [-0.2, -0.15) is 0 Å². The maximum atomic E-state index is 12.5. The Kier molecular flexibility index (Phi) is 5.86. The first-order valence-electron chi connectivity index (χ1n) is 9.55. The van der Waals surface area contributed by atoms with Crippen LogP contribution in [0, 0.1) is 6.92 Å². The number of nitrogens with one attached hydrogen (secondary N) is 2. The molecule has 3 rings (SSSR count). The van der Waals surface area contributed by atoms with Crippen molar-refractivity contribution in [2.45, 2.75) is 64.8 Å². The number of benzene rings is 1. The molecule has 26 heavy (non-hydrogen) atoms. The molecule has 1 aliphatic carbocycles. The van der Waals surface area contributed by atoms with Crippen LogP contribution < -0.4 is 10.6 Å². The second-order valence-electron chi connectivity index (χ2n) is 7.39. The van der Waals surface area contributed by atoms with Crippen molar-refractivity contribution in [2.75, 3.05) is 5.32 Å². The van der Waals surface area contributed by atoms with E-state index >= 15 is 0 Å². The van der Waals surface area contributed by atoms with Crippen molar-refractivity contribution in [2.24, 2.45) is 0 Å². The predicted octanol–water partition coefficient (Wildman–Crippen LogP) is 4.71. The van der Waals surface area contributed by atoms with Crippen molar-refractivity contribution in [1.82, 2.24) is 15.3 Å². The van der Waals surface area contributed by atoms with Crippen molar-refractivity contribution in [3.8, 4) is 0 Å². The van der Waals surface area contributed by atoms with Gasteiger partial charge >= 0.3 is 0 Å². The fourth-order valence-corrected chi connectivity index (χ4v) is 3.51. The molecule has 1 aliphatic rings. The SMILES string of the molecule is Cc1cccc(C(C)C)c1Nc1nccc(C(=O)NC2CCCCC2)n1. The molecule has 1 aromatic heterocycles. The van der Waals surface area contributed by atoms with Crippen molar-refractivity contribution in [3.05, 3.63) is 47.3 Å². The summed E-state index contributed by atoms with van der Waals surface area (Å²) in [7, 11) is 0. The zero-order valence-electron chi connectivity index (χ0n) is 15.9. The summed E-state index contributed by atoms with van der Waals surface area (Å²) in [5.74, 6) is 0.726. The molecule has 5 heteroatoms. The maximum absolute atomic E-state index is 12.5. The van der Waals surface area contributed by atoms with Crippen LogP contribution in [0.1, 0.15) is 73.5 Å². The largest absolute Gasteiger partial charge is 0.348 e. The molecule has 1 aromatic carbocycles. The third-order valence-corrected chi connectivity index (χ3v) is 4.99. The van der Waals surface area contributed by atoms with Crippen molar-refractivity contribution in [3.63, 3.8) is 0 Å². The first-order chi connectivity index (χ1) is 12.5. The highest BCUT2D eigenvalue weighted by Gasteiger charge is 2.18. The molecule has 1 fully saturated rings. The standard InChI is InChI=1S/C21H28N4O/c1-14(2)17-11-7-8-15(3)19(17)25-21-22-13-12-18(24-21)20(26)23-16-9-5-4-6-10-16/h7-8,11-14,16H,4-6,9-10H2,1-3H3,(H,23,26)(H,22,24,25). The fourth-order valence-electron chi connectivity index (χ4n) is 3.51. The normalized spacial score (nSPS) is 15.1. The Morgan fingerprint density at radius 1 is 1.15 bits per heavy atom. The lowest BCUT2D eigenvalue weighted by Crippen LogP contribution is -2.36. The lowest BCUT2D eigenvalue weighted by molar-refractivity contribution is 0.0922. The Morgan fingerprint density at radius 2 is 1.92 bits per heavy atom. The van der Waals surface area contributed by atoms with Gasteiger partial charge in [-0.3, -0.25) is 4.79 Å². The number of amides is 1. The molecular weight excluding hydrogens is 324 g/mol. The molecule has 2 aromatic rings. The molecule has 2 N–H and O–H groups in total. The number of aryl methyl sites for hydroxylation is 1. The number of hydrogen-bond donors (Lipinski definition) is 2. The molecule has 0 radical (unpaired) electrons. The minimum atomic E-state index is -0.115. The van der Waals surface area contributed by atoms with Gasteiger partial charge in [-0.15, -0.1) is 0 Å². The molecule has 5 nitrogen and oxygen atoms in total. The summed E-state index contributed by atoms with van der Waals surface area (Å²) in [5, 5.41) is 6.43. The first kappa shape index (κ1) is 18.4. The Balaban J connectivity index is 1.76. The van der Waals surface area contributed by atoms with Gasteiger partial charge in [0.15, 0.2) is 0 Å². The molecule has 138 valence electrons. The van der Waals surface area contributed by atoms with E-state index < -0.39 is 0 Å². The number of carbonyl (C=O) groups excluding carboxylic acids is 1. The summed E-state index contributed by atoms with van der Waals surface area (Å²) in [6.07, 6.45) is 7.40. The Bertz CT molecular complexity index is 766. The smallest absolute Gasteiger partial charge is 0.270 e. The highest BCUT2D eigenvalue weighted by atomic mass is 16.1. The van der Waals surface area contributed by atoms with Crippen LogP contribution in [0.4, 0.5) is 11.6 Å². The van der Waals surface area contributed by atoms with Gasteiger partial charge in [0.05, 0.1) is 0 Å². The minimum Gasteiger partial charge on any atom is -0.348 e. The van der Waals surface area contributed by atoms with E-state index in [9.17, 15) is 4.79 Å². The van der Waals surface area contributed by atoms with E-state index in [1.807, 2.05) is 0 Å². The molecule has 1 heterocycles. The molecule has 1 amide bonds. The molecule has 0 atom stereocenters. The lowest BCUT2D eigenvalue weighted by atomic mass is 9.95. The van der Waals surface area contributed by atoms with E-state index in [1.165, 1.54) is 24.8 Å². The monoisotopic (exact) mass is 352 g/mol. The first-order valence-corrected chi connectivity index (χ1v) is 9.55. The van der Waals surface area contributed by atoms with E-state index in [2.05, 4.69) is 59.6 Å². The van der Waals surface area contributed by atoms with Crippen LogP contribution >= 0.6 is 0 Å². The van der Waals surface area contributed by atoms with Gasteiger partial charge < -0.3 is 10.6 Å². The minimum absolute atomic E-state index is 0.115. The Hall–Kier alpha value is -2.43. The summed E-state index contributed by atoms with van der Waals surface area (Å²) in [6, 6.07) is 8.18. The summed E-state index contributed by atoms with van der Waals surface area (Å²) in [4.78, 5) is 21.3. The van der Waals surface area contributed by atoms with Gasteiger partial charge in [0.2, 0.25) is 5.95 Å². The Labute approximate surface area is 155 Å². The summed E-state index contributed by atoms with van der Waals surface area (Å²) >= 11 is 0. The van der Waals surface area contributed by atoms with E-state index in [1.54, 1.807) is 12.3 Å². The molecular formula is C21H28N4O. The number of carbonyl (C=O) groups is 1. The summed E-state index contributed by atoms with van der Waals surface area (Å²) in [6.45, 7) is 6.39. The van der Waals surface area contributed by atoms with Crippen molar-refractivity contribution in [1.29, 1.82) is 0 Å². The third kappa shape index (κ3) is 4.40. The van der Waals surface area contributed by atoms with Crippen LogP contribution in [-0.4, -0.2) is 21.9 Å². The van der Waals surface area contributed by atoms with Crippen molar-refractivity contribution < 1.29 is 4.79 Å². The molecule has 0 spiro atoms. The van der Waals surface area contributed by atoms with Crippen LogP contribution in [0.2, 0.25) is 0 Å². The van der Waals surface area contributed by atoms with E-state index in [0.717, 1.165) is 24.1 Å². The average molecular weight is 352 g/mol. The number of anilines is 2. The zero-order chi connectivity index (χ0) is 18.5. The molecule has 0 unspecified atom stereocenters. The number of hydrogen-bond acceptors (Lipinski definition) is 4. The van der Waals surface area contributed by atoms with E-state index in [0.29, 0.717) is 17.6 Å². The van der Waals surface area contributed by atoms with Crippen molar-refractivity contribution >= 4 is 17.5 Å². The van der Waals surface area contributed by atoms with E-state index in [4.69, 9.17) is 0 Å². The lowest BCUT2D eigenvalue weighted by Gasteiger charge is -2.22. The number of nitrogens with zero attached hydrogens (tertiary/aromatic N) is 2. The van der Waals surface area contributed by atoms with Gasteiger partial charge in [0.1, 0.15) is 5.69 Å². The number of aromatic nitrogens is 2. The number of para-hydroxylation sites is 1. The highest BCUT2D eigenvalue weighted by Crippen LogP contribution is 2.29. The van der Waals surface area contributed by atoms with Gasteiger partial charge in [0.25, 0.3) is 5.91 Å². The average Bonchev–Trinajstić information content (AvgIpc) is 2.64. The van der Waals surface area contributed by atoms with Gasteiger partial charge in [-0.05, 0) is 42.9 Å². The number of rotatable bonds is 5. The third-order valence-electron chi connectivity index (χ3n) is 4.99. The predicted molar refractivity (Wildman–Crippen MR) is 105 cm³/mol. The topological polar surface area (TPSA) is 66.9 Å². The Morgan fingerprint density at radius 3 is 2.65 bits per heavy atom. The van der Waals surface area contributed by atoms with Crippen LogP contribution in [0.25, 0.3) is 0 Å². The van der Waals surface area contributed by atoms with Gasteiger partial charge in [0, 0.05) is 17.9 Å². The van der Waals surface area contributed by atoms with Gasteiger partial charge in [-0.25, -0.2) is 9.97 Å². The molecule has 0 aliphatic heterocycles. The highest BCUT2D eigenvalue weighted by molar-refractivity contribution is 5.92.